The maximum atomic E-state index is 12.4. The van der Waals surface area contributed by atoms with Crippen molar-refractivity contribution in [1.29, 1.82) is 0 Å². The van der Waals surface area contributed by atoms with Crippen molar-refractivity contribution in [1.82, 2.24) is 10.2 Å². The summed E-state index contributed by atoms with van der Waals surface area (Å²) in [5, 5.41) is 7.63. The van der Waals surface area contributed by atoms with Crippen molar-refractivity contribution in [2.75, 3.05) is 11.8 Å². The van der Waals surface area contributed by atoms with Gasteiger partial charge in [0.05, 0.1) is 12.0 Å². The zero-order valence-corrected chi connectivity index (χ0v) is 15.5. The molecule has 0 spiro atoms. The first-order valence-corrected chi connectivity index (χ1v) is 9.49. The van der Waals surface area contributed by atoms with E-state index in [1.54, 1.807) is 43.5 Å². The molecule has 2 aromatic carbocycles. The zero-order valence-electron chi connectivity index (χ0n) is 14.7. The highest BCUT2D eigenvalue weighted by molar-refractivity contribution is 7.92. The number of methoxy groups -OCH3 is 1. The van der Waals surface area contributed by atoms with E-state index in [1.165, 1.54) is 24.3 Å². The molecule has 0 radical (unpaired) electrons. The summed E-state index contributed by atoms with van der Waals surface area (Å²) in [5.74, 6) is 0.346. The van der Waals surface area contributed by atoms with Crippen LogP contribution in [0.3, 0.4) is 0 Å². The van der Waals surface area contributed by atoms with Crippen molar-refractivity contribution in [3.8, 4) is 5.75 Å². The zero-order chi connectivity index (χ0) is 19.4. The molecule has 8 heteroatoms. The quantitative estimate of drug-likeness (QED) is 0.657. The van der Waals surface area contributed by atoms with Gasteiger partial charge in [0.25, 0.3) is 10.0 Å². The van der Waals surface area contributed by atoms with Gasteiger partial charge in [-0.3, -0.25) is 9.52 Å². The van der Waals surface area contributed by atoms with Gasteiger partial charge in [0.15, 0.2) is 5.82 Å². The predicted octanol–water partition coefficient (Wildman–Crippen LogP) is 2.83. The number of aromatic nitrogens is 2. The van der Waals surface area contributed by atoms with Gasteiger partial charge in [-0.1, -0.05) is 17.7 Å². The van der Waals surface area contributed by atoms with Gasteiger partial charge in [-0.15, -0.1) is 10.2 Å². The van der Waals surface area contributed by atoms with E-state index in [2.05, 4.69) is 14.9 Å². The van der Waals surface area contributed by atoms with Crippen LogP contribution in [0.5, 0.6) is 5.75 Å². The van der Waals surface area contributed by atoms with Gasteiger partial charge >= 0.3 is 0 Å². The molecule has 1 heterocycles. The molecular weight excluding hydrogens is 366 g/mol. The minimum Gasteiger partial charge on any atom is -0.497 e. The molecule has 0 aliphatic heterocycles. The Balaban J connectivity index is 1.76. The van der Waals surface area contributed by atoms with Gasteiger partial charge < -0.3 is 4.74 Å². The van der Waals surface area contributed by atoms with Crippen LogP contribution in [0.2, 0.25) is 0 Å². The van der Waals surface area contributed by atoms with E-state index in [-0.39, 0.29) is 22.2 Å². The minimum atomic E-state index is -3.77. The van der Waals surface area contributed by atoms with E-state index in [0.717, 1.165) is 5.56 Å². The smallest absolute Gasteiger partial charge is 0.263 e. The van der Waals surface area contributed by atoms with Gasteiger partial charge in [-0.05, 0) is 55.5 Å². The van der Waals surface area contributed by atoms with Crippen LogP contribution in [0.4, 0.5) is 5.82 Å². The van der Waals surface area contributed by atoms with Crippen LogP contribution in [0.15, 0.2) is 65.6 Å². The molecule has 0 atom stereocenters. The molecule has 3 aromatic rings. The number of nitrogens with zero attached hydrogens (tertiary/aromatic N) is 2. The third kappa shape index (κ3) is 4.29. The number of ketones is 1. The molecule has 0 bridgehead atoms. The number of hydrogen-bond donors (Lipinski definition) is 1. The van der Waals surface area contributed by atoms with Crippen molar-refractivity contribution in [2.24, 2.45) is 0 Å². The first-order valence-electron chi connectivity index (χ1n) is 8.01. The van der Waals surface area contributed by atoms with Crippen molar-refractivity contribution < 1.29 is 17.9 Å². The number of benzene rings is 2. The third-order valence-electron chi connectivity index (χ3n) is 3.82. The second kappa shape index (κ2) is 7.55. The van der Waals surface area contributed by atoms with Crippen LogP contribution in [0.25, 0.3) is 0 Å². The molecule has 0 aliphatic rings. The molecule has 0 saturated heterocycles. The summed E-state index contributed by atoms with van der Waals surface area (Å²) >= 11 is 0. The summed E-state index contributed by atoms with van der Waals surface area (Å²) in [6.45, 7) is 1.87. The molecular formula is C19H17N3O4S. The third-order valence-corrected chi connectivity index (χ3v) is 5.19. The monoisotopic (exact) mass is 383 g/mol. The Hall–Kier alpha value is -3.26. The Labute approximate surface area is 157 Å². The highest BCUT2D eigenvalue weighted by Crippen LogP contribution is 2.17. The highest BCUT2D eigenvalue weighted by Gasteiger charge is 2.16. The molecule has 0 aliphatic carbocycles. The first kappa shape index (κ1) is 18.5. The van der Waals surface area contributed by atoms with Gasteiger partial charge in [-0.2, -0.15) is 0 Å². The van der Waals surface area contributed by atoms with E-state index in [0.29, 0.717) is 11.3 Å². The lowest BCUT2D eigenvalue weighted by Gasteiger charge is -2.07. The van der Waals surface area contributed by atoms with E-state index in [4.69, 9.17) is 4.74 Å². The van der Waals surface area contributed by atoms with Crippen molar-refractivity contribution >= 4 is 21.6 Å². The molecule has 3 rings (SSSR count). The van der Waals surface area contributed by atoms with Crippen molar-refractivity contribution in [2.45, 2.75) is 11.8 Å². The lowest BCUT2D eigenvalue weighted by Crippen LogP contribution is -2.15. The van der Waals surface area contributed by atoms with E-state index in [9.17, 15) is 13.2 Å². The van der Waals surface area contributed by atoms with Gasteiger partial charge in [0.2, 0.25) is 5.78 Å². The predicted molar refractivity (Wildman–Crippen MR) is 100 cm³/mol. The molecule has 0 saturated carbocycles. The lowest BCUT2D eigenvalue weighted by molar-refractivity contribution is 0.103. The minimum absolute atomic E-state index is 0.0295. The molecule has 0 unspecified atom stereocenters. The Kier molecular flexibility index (Phi) is 5.18. The fourth-order valence-electron chi connectivity index (χ4n) is 2.31. The maximum Gasteiger partial charge on any atom is 0.263 e. The molecule has 27 heavy (non-hydrogen) atoms. The van der Waals surface area contributed by atoms with E-state index >= 15 is 0 Å². The summed E-state index contributed by atoms with van der Waals surface area (Å²) in [7, 11) is -2.23. The van der Waals surface area contributed by atoms with Crippen molar-refractivity contribution in [3.63, 3.8) is 0 Å². The van der Waals surface area contributed by atoms with Gasteiger partial charge in [-0.25, -0.2) is 8.42 Å². The van der Waals surface area contributed by atoms with Crippen LogP contribution in [-0.4, -0.2) is 31.5 Å². The molecule has 1 N–H and O–H groups in total. The number of ether oxygens (including phenoxy) is 1. The normalized spacial score (nSPS) is 11.0. The number of hydrogen-bond acceptors (Lipinski definition) is 6. The Morgan fingerprint density at radius 3 is 2.15 bits per heavy atom. The number of sulfonamides is 1. The van der Waals surface area contributed by atoms with Crippen LogP contribution in [0, 0.1) is 6.92 Å². The summed E-state index contributed by atoms with van der Waals surface area (Å²) in [4.78, 5) is 12.5. The average molecular weight is 383 g/mol. The fourth-order valence-corrected chi connectivity index (χ4v) is 3.31. The van der Waals surface area contributed by atoms with E-state index < -0.39 is 10.0 Å². The summed E-state index contributed by atoms with van der Waals surface area (Å²) in [5.41, 5.74) is 1.49. The number of carbonyl (C=O) groups is 1. The van der Waals surface area contributed by atoms with Crippen LogP contribution in [-0.2, 0) is 10.0 Å². The number of nitrogens with one attached hydrogen (secondary N) is 1. The fraction of sp³-hybridized carbons (Fsp3) is 0.105. The van der Waals surface area contributed by atoms with Gasteiger partial charge in [0.1, 0.15) is 11.4 Å². The summed E-state index contributed by atoms with van der Waals surface area (Å²) < 4.78 is 32.1. The maximum absolute atomic E-state index is 12.4. The standard InChI is InChI=1S/C19H17N3O4S/c1-13-3-9-16(10-4-13)27(24,25)22-18-12-11-17(20-21-18)19(23)14-5-7-15(26-2)8-6-14/h3-12H,1-2H3,(H,21,22). The number of anilines is 1. The Morgan fingerprint density at radius 2 is 1.59 bits per heavy atom. The largest absolute Gasteiger partial charge is 0.497 e. The SMILES string of the molecule is COc1ccc(C(=O)c2ccc(NS(=O)(=O)c3ccc(C)cc3)nn2)cc1. The molecule has 0 fully saturated rings. The topological polar surface area (TPSA) is 98.2 Å². The number of aryl methyl sites for hydroxylation is 1. The Bertz CT molecular complexity index is 1050. The lowest BCUT2D eigenvalue weighted by atomic mass is 10.1. The number of carbonyl (C=O) groups excluding carboxylic acids is 1. The van der Waals surface area contributed by atoms with Crippen LogP contribution in [0.1, 0.15) is 21.6 Å². The number of rotatable bonds is 6. The Morgan fingerprint density at radius 1 is 0.926 bits per heavy atom. The van der Waals surface area contributed by atoms with Gasteiger partial charge in [0, 0.05) is 5.56 Å². The molecule has 7 nitrogen and oxygen atoms in total. The first-order chi connectivity index (χ1) is 12.9. The second-order valence-electron chi connectivity index (χ2n) is 5.78. The second-order valence-corrected chi connectivity index (χ2v) is 7.46. The average Bonchev–Trinajstić information content (AvgIpc) is 2.68. The summed E-state index contributed by atoms with van der Waals surface area (Å²) in [6.07, 6.45) is 0. The van der Waals surface area contributed by atoms with Crippen LogP contribution < -0.4 is 9.46 Å². The molecule has 1 aromatic heterocycles. The molecule has 138 valence electrons. The molecule has 0 amide bonds. The van der Waals surface area contributed by atoms with Crippen LogP contribution >= 0.6 is 0 Å². The van der Waals surface area contributed by atoms with Crippen molar-refractivity contribution in [3.05, 3.63) is 77.5 Å². The highest BCUT2D eigenvalue weighted by atomic mass is 32.2. The van der Waals surface area contributed by atoms with E-state index in [1.807, 2.05) is 6.92 Å². The summed E-state index contributed by atoms with van der Waals surface area (Å²) in [6, 6.07) is 15.8.